The van der Waals surface area contributed by atoms with Crippen LogP contribution in [0.5, 0.6) is 0 Å². The molecule has 0 aliphatic heterocycles. The van der Waals surface area contributed by atoms with E-state index in [1.165, 1.54) is 6.92 Å². The highest BCUT2D eigenvalue weighted by molar-refractivity contribution is 6.03. The number of amides is 2. The van der Waals surface area contributed by atoms with E-state index in [1.807, 2.05) is 0 Å². The predicted octanol–water partition coefficient (Wildman–Crippen LogP) is 0.333. The summed E-state index contributed by atoms with van der Waals surface area (Å²) in [7, 11) is 0. The van der Waals surface area contributed by atoms with Crippen molar-refractivity contribution < 1.29 is 9.59 Å². The second-order valence-corrected chi connectivity index (χ2v) is 3.27. The number of rotatable bonds is 4. The lowest BCUT2D eigenvalue weighted by Gasteiger charge is -2.09. The Labute approximate surface area is 94.0 Å². The molecular formula is C11H15N3O2. The summed E-state index contributed by atoms with van der Waals surface area (Å²) in [6.07, 6.45) is 0. The molecule has 0 saturated heterocycles. The molecule has 0 spiro atoms. The van der Waals surface area contributed by atoms with Gasteiger partial charge in [-0.25, -0.2) is 0 Å². The Balaban J connectivity index is 2.85. The Morgan fingerprint density at radius 3 is 2.62 bits per heavy atom. The number of para-hydroxylation sites is 1. The van der Waals surface area contributed by atoms with Gasteiger partial charge in [0, 0.05) is 20.0 Å². The standard InChI is InChI=1S/C11H15N3O2/c1-8(15)14-10-5-3-2-4-9(10)11(16)13-7-6-12/h2-5H,6-7,12H2,1H3,(H,13,16)(H,14,15). The van der Waals surface area contributed by atoms with Gasteiger partial charge in [-0.3, -0.25) is 9.59 Å². The molecule has 0 aromatic heterocycles. The normalized spacial score (nSPS) is 9.62. The molecule has 0 fully saturated rings. The van der Waals surface area contributed by atoms with Crippen molar-refractivity contribution in [3.8, 4) is 0 Å². The number of hydrogen-bond donors (Lipinski definition) is 3. The number of anilines is 1. The second kappa shape index (κ2) is 5.87. The number of nitrogens with two attached hydrogens (primary N) is 1. The zero-order valence-electron chi connectivity index (χ0n) is 9.12. The van der Waals surface area contributed by atoms with Gasteiger partial charge >= 0.3 is 0 Å². The summed E-state index contributed by atoms with van der Waals surface area (Å²) in [6.45, 7) is 2.19. The van der Waals surface area contributed by atoms with Gasteiger partial charge < -0.3 is 16.4 Å². The van der Waals surface area contributed by atoms with E-state index in [4.69, 9.17) is 5.73 Å². The highest BCUT2D eigenvalue weighted by Crippen LogP contribution is 2.14. The van der Waals surface area contributed by atoms with E-state index in [0.717, 1.165) is 0 Å². The molecule has 0 bridgehead atoms. The molecule has 1 aromatic rings. The Bertz CT molecular complexity index is 391. The van der Waals surface area contributed by atoms with Crippen LogP contribution in [0.1, 0.15) is 17.3 Å². The van der Waals surface area contributed by atoms with Gasteiger partial charge in [-0.05, 0) is 12.1 Å². The van der Waals surface area contributed by atoms with Gasteiger partial charge in [0.1, 0.15) is 0 Å². The molecule has 86 valence electrons. The van der Waals surface area contributed by atoms with Crippen molar-refractivity contribution in [1.82, 2.24) is 5.32 Å². The lowest BCUT2D eigenvalue weighted by Crippen LogP contribution is -2.29. The molecular weight excluding hydrogens is 206 g/mol. The molecule has 0 saturated carbocycles. The number of nitrogens with one attached hydrogen (secondary N) is 2. The quantitative estimate of drug-likeness (QED) is 0.685. The van der Waals surface area contributed by atoms with Crippen LogP contribution in [-0.4, -0.2) is 24.9 Å². The molecule has 1 aromatic carbocycles. The summed E-state index contributed by atoms with van der Waals surface area (Å²) in [6, 6.07) is 6.82. The summed E-state index contributed by atoms with van der Waals surface area (Å²) in [5.41, 5.74) is 6.23. The fourth-order valence-electron chi connectivity index (χ4n) is 1.26. The fraction of sp³-hybridized carbons (Fsp3) is 0.273. The lowest BCUT2D eigenvalue weighted by molar-refractivity contribution is -0.114. The first-order valence-electron chi connectivity index (χ1n) is 5.00. The lowest BCUT2D eigenvalue weighted by atomic mass is 10.1. The first kappa shape index (κ1) is 12.2. The predicted molar refractivity (Wildman–Crippen MR) is 62.1 cm³/mol. The molecule has 0 unspecified atom stereocenters. The van der Waals surface area contributed by atoms with Crippen molar-refractivity contribution in [2.24, 2.45) is 5.73 Å². The Kier molecular flexibility index (Phi) is 4.47. The molecule has 5 nitrogen and oxygen atoms in total. The van der Waals surface area contributed by atoms with Crippen LogP contribution in [0.4, 0.5) is 5.69 Å². The van der Waals surface area contributed by atoms with Crippen LogP contribution in [0.2, 0.25) is 0 Å². The molecule has 1 rings (SSSR count). The molecule has 2 amide bonds. The van der Waals surface area contributed by atoms with Gasteiger partial charge in [0.2, 0.25) is 5.91 Å². The molecule has 0 aliphatic rings. The van der Waals surface area contributed by atoms with E-state index in [-0.39, 0.29) is 11.8 Å². The monoisotopic (exact) mass is 221 g/mol. The molecule has 0 heterocycles. The third-order valence-electron chi connectivity index (χ3n) is 1.91. The van der Waals surface area contributed by atoms with Gasteiger partial charge in [0.15, 0.2) is 0 Å². The van der Waals surface area contributed by atoms with Gasteiger partial charge in [0.05, 0.1) is 11.3 Å². The zero-order valence-corrected chi connectivity index (χ0v) is 9.12. The van der Waals surface area contributed by atoms with Crippen LogP contribution in [-0.2, 0) is 4.79 Å². The first-order valence-corrected chi connectivity index (χ1v) is 5.00. The van der Waals surface area contributed by atoms with E-state index in [0.29, 0.717) is 24.3 Å². The van der Waals surface area contributed by atoms with Crippen molar-refractivity contribution in [3.05, 3.63) is 29.8 Å². The van der Waals surface area contributed by atoms with Gasteiger partial charge in [-0.1, -0.05) is 12.1 Å². The first-order chi connectivity index (χ1) is 7.65. The van der Waals surface area contributed by atoms with E-state index in [9.17, 15) is 9.59 Å². The molecule has 16 heavy (non-hydrogen) atoms. The van der Waals surface area contributed by atoms with Crippen LogP contribution >= 0.6 is 0 Å². The Morgan fingerprint density at radius 1 is 1.31 bits per heavy atom. The van der Waals surface area contributed by atoms with E-state index in [1.54, 1.807) is 24.3 Å². The fourth-order valence-corrected chi connectivity index (χ4v) is 1.26. The van der Waals surface area contributed by atoms with Crippen molar-refractivity contribution in [2.75, 3.05) is 18.4 Å². The maximum Gasteiger partial charge on any atom is 0.253 e. The van der Waals surface area contributed by atoms with Gasteiger partial charge in [0.25, 0.3) is 5.91 Å². The molecule has 4 N–H and O–H groups in total. The maximum atomic E-state index is 11.7. The van der Waals surface area contributed by atoms with Crippen LogP contribution in [0.3, 0.4) is 0 Å². The highest BCUT2D eigenvalue weighted by Gasteiger charge is 2.10. The van der Waals surface area contributed by atoms with Crippen molar-refractivity contribution in [3.63, 3.8) is 0 Å². The summed E-state index contributed by atoms with van der Waals surface area (Å²) in [5.74, 6) is -0.450. The van der Waals surface area contributed by atoms with Crippen LogP contribution in [0.25, 0.3) is 0 Å². The van der Waals surface area contributed by atoms with E-state index in [2.05, 4.69) is 10.6 Å². The van der Waals surface area contributed by atoms with Crippen molar-refractivity contribution in [1.29, 1.82) is 0 Å². The minimum Gasteiger partial charge on any atom is -0.351 e. The summed E-state index contributed by atoms with van der Waals surface area (Å²) in [4.78, 5) is 22.6. The van der Waals surface area contributed by atoms with Crippen LogP contribution in [0.15, 0.2) is 24.3 Å². The van der Waals surface area contributed by atoms with Crippen LogP contribution < -0.4 is 16.4 Å². The molecule has 5 heteroatoms. The number of benzene rings is 1. The van der Waals surface area contributed by atoms with Crippen LogP contribution in [0, 0.1) is 0 Å². The van der Waals surface area contributed by atoms with Gasteiger partial charge in [-0.2, -0.15) is 0 Å². The van der Waals surface area contributed by atoms with E-state index < -0.39 is 0 Å². The second-order valence-electron chi connectivity index (χ2n) is 3.27. The molecule has 0 radical (unpaired) electrons. The minimum absolute atomic E-state index is 0.209. The smallest absolute Gasteiger partial charge is 0.253 e. The molecule has 0 atom stereocenters. The van der Waals surface area contributed by atoms with Crippen molar-refractivity contribution in [2.45, 2.75) is 6.92 Å². The van der Waals surface area contributed by atoms with E-state index >= 15 is 0 Å². The third kappa shape index (κ3) is 3.36. The highest BCUT2D eigenvalue weighted by atomic mass is 16.2. The Morgan fingerprint density at radius 2 is 2.00 bits per heavy atom. The SMILES string of the molecule is CC(=O)Nc1ccccc1C(=O)NCCN. The number of carbonyl (C=O) groups is 2. The molecule has 0 aliphatic carbocycles. The minimum atomic E-state index is -0.241. The average molecular weight is 221 g/mol. The summed E-state index contributed by atoms with van der Waals surface area (Å²) >= 11 is 0. The summed E-state index contributed by atoms with van der Waals surface area (Å²) in [5, 5.41) is 5.25. The number of hydrogen-bond acceptors (Lipinski definition) is 3. The van der Waals surface area contributed by atoms with Crippen molar-refractivity contribution >= 4 is 17.5 Å². The maximum absolute atomic E-state index is 11.7. The van der Waals surface area contributed by atoms with Gasteiger partial charge in [-0.15, -0.1) is 0 Å². The largest absolute Gasteiger partial charge is 0.351 e. The Hall–Kier alpha value is -1.88. The third-order valence-corrected chi connectivity index (χ3v) is 1.91. The topological polar surface area (TPSA) is 84.2 Å². The zero-order chi connectivity index (χ0) is 12.0. The summed E-state index contributed by atoms with van der Waals surface area (Å²) < 4.78 is 0. The number of carbonyl (C=O) groups excluding carboxylic acids is 2. The average Bonchev–Trinajstić information content (AvgIpc) is 2.26.